The molecular formula is C22H33N3O2S. The maximum absolute atomic E-state index is 12.5. The van der Waals surface area contributed by atoms with Gasteiger partial charge in [-0.3, -0.25) is 0 Å². The van der Waals surface area contributed by atoms with E-state index >= 15 is 0 Å². The van der Waals surface area contributed by atoms with Gasteiger partial charge in [0.05, 0.1) is 12.2 Å². The number of nitrogens with one attached hydrogen (secondary N) is 1. The Hall–Kier alpha value is -2.08. The zero-order valence-electron chi connectivity index (χ0n) is 17.9. The first-order valence-electron chi connectivity index (χ1n) is 10.0. The number of carbonyl (C=O) groups excluding carboxylic acids is 1. The summed E-state index contributed by atoms with van der Waals surface area (Å²) in [6.45, 7) is 13.4. The minimum absolute atomic E-state index is 0.0407. The first kappa shape index (κ1) is 22.2. The molecule has 1 unspecified atom stereocenters. The lowest BCUT2D eigenvalue weighted by Gasteiger charge is -2.29. The van der Waals surface area contributed by atoms with Gasteiger partial charge in [-0.1, -0.05) is 39.0 Å². The molecular weight excluding hydrogens is 370 g/mol. The molecule has 1 aromatic heterocycles. The number of ether oxygens (including phenoxy) is 1. The fourth-order valence-corrected chi connectivity index (χ4v) is 3.57. The van der Waals surface area contributed by atoms with Gasteiger partial charge in [0.1, 0.15) is 17.4 Å². The third-order valence-electron chi connectivity index (χ3n) is 4.62. The number of urea groups is 1. The second-order valence-electron chi connectivity index (χ2n) is 7.70. The normalized spacial score (nSPS) is 12.3. The van der Waals surface area contributed by atoms with Crippen LogP contribution < -0.4 is 10.1 Å². The number of thiazole rings is 1. The number of aromatic nitrogens is 1. The first-order valence-corrected chi connectivity index (χ1v) is 10.9. The molecule has 0 aliphatic carbocycles. The number of amides is 2. The van der Waals surface area contributed by atoms with Crippen LogP contribution in [-0.4, -0.2) is 28.0 Å². The minimum Gasteiger partial charge on any atom is -0.486 e. The SMILES string of the molecule is CCC(C)N(Cc1csc(COc2ccccc2C(C)C)n1)C(=O)NC(C)C. The fourth-order valence-electron chi connectivity index (χ4n) is 2.87. The van der Waals surface area contributed by atoms with E-state index in [2.05, 4.69) is 44.1 Å². The van der Waals surface area contributed by atoms with Gasteiger partial charge in [-0.25, -0.2) is 9.78 Å². The van der Waals surface area contributed by atoms with Crippen molar-refractivity contribution in [1.29, 1.82) is 0 Å². The van der Waals surface area contributed by atoms with Gasteiger partial charge in [-0.05, 0) is 44.7 Å². The molecule has 0 aliphatic heterocycles. The quantitative estimate of drug-likeness (QED) is 0.596. The van der Waals surface area contributed by atoms with E-state index in [0.717, 1.165) is 22.9 Å². The highest BCUT2D eigenvalue weighted by atomic mass is 32.1. The van der Waals surface area contributed by atoms with Crippen molar-refractivity contribution in [3.05, 3.63) is 45.9 Å². The Bertz CT molecular complexity index is 758. The van der Waals surface area contributed by atoms with E-state index in [9.17, 15) is 4.79 Å². The number of nitrogens with zero attached hydrogens (tertiary/aromatic N) is 2. The Balaban J connectivity index is 2.03. The van der Waals surface area contributed by atoms with Crippen LogP contribution in [0.3, 0.4) is 0 Å². The summed E-state index contributed by atoms with van der Waals surface area (Å²) in [6, 6.07) is 8.36. The molecule has 0 saturated heterocycles. The summed E-state index contributed by atoms with van der Waals surface area (Å²) in [5.41, 5.74) is 2.10. The average Bonchev–Trinajstić information content (AvgIpc) is 3.11. The summed E-state index contributed by atoms with van der Waals surface area (Å²) in [7, 11) is 0. The highest BCUT2D eigenvalue weighted by Crippen LogP contribution is 2.27. The second-order valence-corrected chi connectivity index (χ2v) is 8.65. The molecule has 0 aliphatic rings. The largest absolute Gasteiger partial charge is 0.486 e. The monoisotopic (exact) mass is 403 g/mol. The fraction of sp³-hybridized carbons (Fsp3) is 0.545. The van der Waals surface area contributed by atoms with Crippen LogP contribution in [0.2, 0.25) is 0 Å². The Morgan fingerprint density at radius 3 is 2.57 bits per heavy atom. The average molecular weight is 404 g/mol. The van der Waals surface area contributed by atoms with Gasteiger partial charge in [-0.15, -0.1) is 11.3 Å². The molecule has 2 aromatic rings. The number of rotatable bonds is 9. The van der Waals surface area contributed by atoms with Crippen LogP contribution >= 0.6 is 11.3 Å². The molecule has 2 amide bonds. The van der Waals surface area contributed by atoms with Crippen molar-refractivity contribution in [2.75, 3.05) is 0 Å². The number of carbonyl (C=O) groups is 1. The molecule has 0 radical (unpaired) electrons. The van der Waals surface area contributed by atoms with E-state index in [1.165, 1.54) is 5.56 Å². The maximum atomic E-state index is 12.5. The lowest BCUT2D eigenvalue weighted by molar-refractivity contribution is 0.170. The predicted molar refractivity (Wildman–Crippen MR) is 116 cm³/mol. The molecule has 0 bridgehead atoms. The molecule has 1 N–H and O–H groups in total. The standard InChI is InChI=1S/C22H33N3O2S/c1-7-17(6)25(22(26)23-16(4)5)12-18-14-28-21(24-18)13-27-20-11-9-8-10-19(20)15(2)3/h8-11,14-17H,7,12-13H2,1-6H3,(H,23,26). The number of para-hydroxylation sites is 1. The van der Waals surface area contributed by atoms with Crippen LogP contribution in [0.4, 0.5) is 4.79 Å². The maximum Gasteiger partial charge on any atom is 0.318 e. The summed E-state index contributed by atoms with van der Waals surface area (Å²) in [4.78, 5) is 19.1. The van der Waals surface area contributed by atoms with Gasteiger partial charge in [0.15, 0.2) is 0 Å². The van der Waals surface area contributed by atoms with Crippen LogP contribution in [0, 0.1) is 0 Å². The molecule has 28 heavy (non-hydrogen) atoms. The molecule has 1 heterocycles. The predicted octanol–water partition coefficient (Wildman–Crippen LogP) is 5.56. The molecule has 0 spiro atoms. The molecule has 5 nitrogen and oxygen atoms in total. The zero-order valence-corrected chi connectivity index (χ0v) is 18.7. The van der Waals surface area contributed by atoms with E-state index < -0.39 is 0 Å². The topological polar surface area (TPSA) is 54.5 Å². The molecule has 154 valence electrons. The van der Waals surface area contributed by atoms with E-state index in [1.54, 1.807) is 11.3 Å². The van der Waals surface area contributed by atoms with Crippen molar-refractivity contribution in [3.8, 4) is 5.75 Å². The Kier molecular flexibility index (Phi) is 8.30. The van der Waals surface area contributed by atoms with Crippen molar-refractivity contribution in [2.45, 2.75) is 79.1 Å². The van der Waals surface area contributed by atoms with Gasteiger partial charge < -0.3 is 15.0 Å². The number of benzene rings is 1. The Labute approximate surface area is 173 Å². The number of hydrogen-bond donors (Lipinski definition) is 1. The molecule has 1 aromatic carbocycles. The van der Waals surface area contributed by atoms with Crippen LogP contribution in [0.25, 0.3) is 0 Å². The van der Waals surface area contributed by atoms with Crippen molar-refractivity contribution in [3.63, 3.8) is 0 Å². The second kappa shape index (κ2) is 10.5. The smallest absolute Gasteiger partial charge is 0.318 e. The molecule has 0 saturated carbocycles. The van der Waals surface area contributed by atoms with Gasteiger partial charge in [0.2, 0.25) is 0 Å². The van der Waals surface area contributed by atoms with E-state index in [1.807, 2.05) is 42.3 Å². The van der Waals surface area contributed by atoms with Crippen LogP contribution in [-0.2, 0) is 13.2 Å². The summed E-state index contributed by atoms with van der Waals surface area (Å²) >= 11 is 1.58. The van der Waals surface area contributed by atoms with Gasteiger partial charge in [0, 0.05) is 17.5 Å². The highest BCUT2D eigenvalue weighted by molar-refractivity contribution is 7.09. The van der Waals surface area contributed by atoms with Crippen molar-refractivity contribution in [2.24, 2.45) is 0 Å². The van der Waals surface area contributed by atoms with E-state index in [4.69, 9.17) is 4.74 Å². The van der Waals surface area contributed by atoms with Gasteiger partial charge in [-0.2, -0.15) is 0 Å². The van der Waals surface area contributed by atoms with Crippen LogP contribution in [0.5, 0.6) is 5.75 Å². The van der Waals surface area contributed by atoms with Crippen molar-refractivity contribution in [1.82, 2.24) is 15.2 Å². The van der Waals surface area contributed by atoms with Crippen LogP contribution in [0.15, 0.2) is 29.6 Å². The summed E-state index contributed by atoms with van der Waals surface area (Å²) in [5, 5.41) is 5.92. The molecule has 6 heteroatoms. The first-order chi connectivity index (χ1) is 13.3. The van der Waals surface area contributed by atoms with Crippen molar-refractivity contribution >= 4 is 17.4 Å². The highest BCUT2D eigenvalue weighted by Gasteiger charge is 2.21. The van der Waals surface area contributed by atoms with Crippen LogP contribution in [0.1, 0.15) is 70.1 Å². The van der Waals surface area contributed by atoms with Gasteiger partial charge in [0.25, 0.3) is 0 Å². The zero-order chi connectivity index (χ0) is 20.7. The summed E-state index contributed by atoms with van der Waals surface area (Å²) < 4.78 is 6.03. The Morgan fingerprint density at radius 2 is 1.93 bits per heavy atom. The molecule has 2 rings (SSSR count). The summed E-state index contributed by atoms with van der Waals surface area (Å²) in [6.07, 6.45) is 0.900. The lowest BCUT2D eigenvalue weighted by Crippen LogP contribution is -2.46. The van der Waals surface area contributed by atoms with Gasteiger partial charge >= 0.3 is 6.03 Å². The number of hydrogen-bond acceptors (Lipinski definition) is 4. The lowest BCUT2D eigenvalue weighted by atomic mass is 10.0. The molecule has 0 fully saturated rings. The third-order valence-corrected chi connectivity index (χ3v) is 5.49. The van der Waals surface area contributed by atoms with E-state index in [-0.39, 0.29) is 18.1 Å². The summed E-state index contributed by atoms with van der Waals surface area (Å²) in [5.74, 6) is 1.32. The van der Waals surface area contributed by atoms with E-state index in [0.29, 0.717) is 19.1 Å². The Morgan fingerprint density at radius 1 is 1.21 bits per heavy atom. The minimum atomic E-state index is -0.0407. The van der Waals surface area contributed by atoms with Crippen molar-refractivity contribution < 1.29 is 9.53 Å². The third kappa shape index (κ3) is 6.23. The molecule has 1 atom stereocenters.